The molecule has 0 aromatic carbocycles. The molecular weight excluding hydrogens is 252 g/mol. The van der Waals surface area contributed by atoms with Crippen LogP contribution in [0.1, 0.15) is 13.8 Å². The highest BCUT2D eigenvalue weighted by Crippen LogP contribution is 2.17. The Bertz CT molecular complexity index is 511. The predicted octanol–water partition coefficient (Wildman–Crippen LogP) is 0.131. The zero-order chi connectivity index (χ0) is 13.3. The van der Waals surface area contributed by atoms with Gasteiger partial charge in [-0.15, -0.1) is 0 Å². The first-order valence-corrected chi connectivity index (χ1v) is 7.64. The number of hydrogen-bond donors (Lipinski definition) is 1. The van der Waals surface area contributed by atoms with Gasteiger partial charge < -0.3 is 4.90 Å². The van der Waals surface area contributed by atoms with Crippen molar-refractivity contribution in [3.8, 4) is 0 Å². The molecule has 1 fully saturated rings. The molecule has 2 rings (SSSR count). The number of nitrogens with one attached hydrogen (secondary N) is 1. The lowest BCUT2D eigenvalue weighted by molar-refractivity contribution is 0.400. The van der Waals surface area contributed by atoms with Gasteiger partial charge in [-0.25, -0.2) is 13.1 Å². The first-order valence-electron chi connectivity index (χ1n) is 6.15. The lowest BCUT2D eigenvalue weighted by atomic mass is 10.1. The Balaban J connectivity index is 2.12. The molecule has 18 heavy (non-hydrogen) atoms. The van der Waals surface area contributed by atoms with Crippen molar-refractivity contribution in [3.05, 3.63) is 12.4 Å². The number of sulfonamides is 1. The fourth-order valence-electron chi connectivity index (χ4n) is 2.29. The van der Waals surface area contributed by atoms with E-state index in [2.05, 4.69) is 21.6 Å². The van der Waals surface area contributed by atoms with E-state index in [-0.39, 0.29) is 10.9 Å². The lowest BCUT2D eigenvalue weighted by Gasteiger charge is -2.15. The van der Waals surface area contributed by atoms with Gasteiger partial charge >= 0.3 is 0 Å². The molecule has 0 spiro atoms. The van der Waals surface area contributed by atoms with Crippen LogP contribution in [0, 0.1) is 5.92 Å². The van der Waals surface area contributed by atoms with E-state index in [1.54, 1.807) is 10.9 Å². The standard InChI is InChI=1S/C11H20N4O2S/c1-4-15-7-10(5-12-15)18(16,17)13-11-8-14(3)6-9(11)2/h5,7,9,11,13H,4,6,8H2,1-3H3/t9-,11+/m0/s1. The normalized spacial score (nSPS) is 25.7. The van der Waals surface area contributed by atoms with Crippen molar-refractivity contribution in [2.24, 2.45) is 5.92 Å². The van der Waals surface area contributed by atoms with E-state index in [1.807, 2.05) is 14.0 Å². The zero-order valence-electron chi connectivity index (χ0n) is 11.0. The number of nitrogens with zero attached hydrogens (tertiary/aromatic N) is 3. The fourth-order valence-corrected chi connectivity index (χ4v) is 3.57. The van der Waals surface area contributed by atoms with Crippen LogP contribution in [0.15, 0.2) is 17.3 Å². The molecule has 0 bridgehead atoms. The van der Waals surface area contributed by atoms with Crippen molar-refractivity contribution < 1.29 is 8.42 Å². The highest BCUT2D eigenvalue weighted by molar-refractivity contribution is 7.89. The summed E-state index contributed by atoms with van der Waals surface area (Å²) in [4.78, 5) is 2.37. The van der Waals surface area contributed by atoms with Crippen molar-refractivity contribution in [2.75, 3.05) is 20.1 Å². The molecule has 1 aromatic rings. The minimum atomic E-state index is -3.45. The van der Waals surface area contributed by atoms with Crippen molar-refractivity contribution in [2.45, 2.75) is 31.3 Å². The molecular formula is C11H20N4O2S. The molecule has 102 valence electrons. The minimum Gasteiger partial charge on any atom is -0.304 e. The summed E-state index contributed by atoms with van der Waals surface area (Å²) < 4.78 is 28.7. The smallest absolute Gasteiger partial charge is 0.243 e. The third-order valence-electron chi connectivity index (χ3n) is 3.35. The molecule has 1 aromatic heterocycles. The number of hydrogen-bond acceptors (Lipinski definition) is 4. The summed E-state index contributed by atoms with van der Waals surface area (Å²) in [6.45, 7) is 6.32. The monoisotopic (exact) mass is 272 g/mol. The van der Waals surface area contributed by atoms with Crippen LogP contribution in [-0.4, -0.2) is 49.3 Å². The Labute approximate surface area is 108 Å². The van der Waals surface area contributed by atoms with Gasteiger partial charge in [0.05, 0.1) is 6.20 Å². The average molecular weight is 272 g/mol. The van der Waals surface area contributed by atoms with Crippen LogP contribution in [0.4, 0.5) is 0 Å². The third kappa shape index (κ3) is 2.73. The lowest BCUT2D eigenvalue weighted by Crippen LogP contribution is -2.39. The Morgan fingerprint density at radius 2 is 2.22 bits per heavy atom. The van der Waals surface area contributed by atoms with E-state index in [0.29, 0.717) is 12.5 Å². The maximum Gasteiger partial charge on any atom is 0.243 e. The topological polar surface area (TPSA) is 67.2 Å². The van der Waals surface area contributed by atoms with E-state index < -0.39 is 10.0 Å². The predicted molar refractivity (Wildman–Crippen MR) is 68.7 cm³/mol. The summed E-state index contributed by atoms with van der Waals surface area (Å²) in [5, 5.41) is 4.00. The first kappa shape index (κ1) is 13.5. The molecule has 0 aliphatic carbocycles. The quantitative estimate of drug-likeness (QED) is 0.846. The van der Waals surface area contributed by atoms with E-state index in [9.17, 15) is 8.42 Å². The molecule has 2 atom stereocenters. The van der Waals surface area contributed by atoms with Gasteiger partial charge in [-0.05, 0) is 19.9 Å². The Kier molecular flexibility index (Phi) is 3.74. The molecule has 0 amide bonds. The third-order valence-corrected chi connectivity index (χ3v) is 4.79. The van der Waals surface area contributed by atoms with Gasteiger partial charge in [-0.1, -0.05) is 6.92 Å². The second kappa shape index (κ2) is 4.99. The summed E-state index contributed by atoms with van der Waals surface area (Å²) in [5.74, 6) is 0.325. The maximum absolute atomic E-state index is 12.2. The van der Waals surface area contributed by atoms with Gasteiger partial charge in [0, 0.05) is 31.9 Å². The second-order valence-corrected chi connectivity index (χ2v) is 6.67. The summed E-state index contributed by atoms with van der Waals surface area (Å²) in [6, 6.07) is -0.0232. The fraction of sp³-hybridized carbons (Fsp3) is 0.727. The van der Waals surface area contributed by atoms with Crippen molar-refractivity contribution in [3.63, 3.8) is 0 Å². The van der Waals surface area contributed by atoms with Crippen molar-refractivity contribution in [1.82, 2.24) is 19.4 Å². The number of rotatable bonds is 4. The van der Waals surface area contributed by atoms with Crippen molar-refractivity contribution >= 4 is 10.0 Å². The van der Waals surface area contributed by atoms with Gasteiger partial charge in [0.25, 0.3) is 0 Å². The van der Waals surface area contributed by atoms with E-state index in [0.717, 1.165) is 13.1 Å². The van der Waals surface area contributed by atoms with Crippen LogP contribution < -0.4 is 4.72 Å². The van der Waals surface area contributed by atoms with Gasteiger partial charge in [-0.3, -0.25) is 4.68 Å². The van der Waals surface area contributed by atoms with Gasteiger partial charge in [0.15, 0.2) is 0 Å². The van der Waals surface area contributed by atoms with Crippen LogP contribution in [0.25, 0.3) is 0 Å². The summed E-state index contributed by atoms with van der Waals surface area (Å²) in [5.41, 5.74) is 0. The highest BCUT2D eigenvalue weighted by Gasteiger charge is 2.31. The number of likely N-dealkylation sites (tertiary alicyclic amines) is 1. The summed E-state index contributed by atoms with van der Waals surface area (Å²) in [6.07, 6.45) is 2.96. The molecule has 0 unspecified atom stereocenters. The number of aromatic nitrogens is 2. The van der Waals surface area contributed by atoms with E-state index in [1.165, 1.54) is 6.20 Å². The summed E-state index contributed by atoms with van der Waals surface area (Å²) in [7, 11) is -1.45. The molecule has 1 aliphatic rings. The summed E-state index contributed by atoms with van der Waals surface area (Å²) >= 11 is 0. The van der Waals surface area contributed by atoms with Gasteiger partial charge in [-0.2, -0.15) is 5.10 Å². The molecule has 1 aliphatic heterocycles. The molecule has 0 radical (unpaired) electrons. The molecule has 2 heterocycles. The van der Waals surface area contributed by atoms with Crippen LogP contribution in [0.2, 0.25) is 0 Å². The molecule has 1 saturated heterocycles. The van der Waals surface area contributed by atoms with Crippen LogP contribution >= 0.6 is 0 Å². The zero-order valence-corrected chi connectivity index (χ0v) is 11.8. The van der Waals surface area contributed by atoms with Crippen LogP contribution in [0.5, 0.6) is 0 Å². The molecule has 7 heteroatoms. The number of aryl methyl sites for hydroxylation is 1. The molecule has 0 saturated carbocycles. The van der Waals surface area contributed by atoms with Crippen molar-refractivity contribution in [1.29, 1.82) is 0 Å². The average Bonchev–Trinajstić information content (AvgIpc) is 2.86. The van der Waals surface area contributed by atoms with Gasteiger partial charge in [0.2, 0.25) is 10.0 Å². The largest absolute Gasteiger partial charge is 0.304 e. The maximum atomic E-state index is 12.2. The van der Waals surface area contributed by atoms with E-state index >= 15 is 0 Å². The number of likely N-dealkylation sites (N-methyl/N-ethyl adjacent to an activating group) is 1. The van der Waals surface area contributed by atoms with E-state index in [4.69, 9.17) is 0 Å². The Morgan fingerprint density at radius 1 is 1.50 bits per heavy atom. The first-order chi connectivity index (χ1) is 8.42. The van der Waals surface area contributed by atoms with Crippen LogP contribution in [-0.2, 0) is 16.6 Å². The Hall–Kier alpha value is -0.920. The molecule has 1 N–H and O–H groups in total. The van der Waals surface area contributed by atoms with Gasteiger partial charge in [0.1, 0.15) is 4.90 Å². The molecule has 6 nitrogen and oxygen atoms in total. The highest BCUT2D eigenvalue weighted by atomic mass is 32.2. The second-order valence-electron chi connectivity index (χ2n) is 4.96. The van der Waals surface area contributed by atoms with Crippen LogP contribution in [0.3, 0.4) is 0 Å². The minimum absolute atomic E-state index is 0.0232. The Morgan fingerprint density at radius 3 is 2.72 bits per heavy atom. The SMILES string of the molecule is CCn1cc(S(=O)(=O)N[C@@H]2CN(C)C[C@@H]2C)cn1.